The van der Waals surface area contributed by atoms with Gasteiger partial charge in [-0.2, -0.15) is 0 Å². The summed E-state index contributed by atoms with van der Waals surface area (Å²) in [6.07, 6.45) is 0. The molecule has 5 heteroatoms. The van der Waals surface area contributed by atoms with Crippen LogP contribution < -0.4 is 5.32 Å². The molecule has 0 aliphatic heterocycles. The first kappa shape index (κ1) is 11.7. The monoisotopic (exact) mass is 212 g/mol. The summed E-state index contributed by atoms with van der Waals surface area (Å²) in [6.45, 7) is 6.03. The van der Waals surface area contributed by atoms with Crippen LogP contribution in [0.5, 0.6) is 0 Å². The molecule has 0 aliphatic rings. The molecule has 0 spiro atoms. The Kier molecular flexibility index (Phi) is 3.85. The van der Waals surface area contributed by atoms with Gasteiger partial charge in [0.15, 0.2) is 0 Å². The second-order valence-corrected chi connectivity index (χ2v) is 3.43. The fourth-order valence-corrected chi connectivity index (χ4v) is 1.27. The van der Waals surface area contributed by atoms with Crippen molar-refractivity contribution < 1.29 is 14.1 Å². The predicted molar refractivity (Wildman–Crippen MR) is 54.3 cm³/mol. The van der Waals surface area contributed by atoms with E-state index in [1.165, 1.54) is 7.11 Å². The topological polar surface area (TPSA) is 64.4 Å². The average Bonchev–Trinajstić information content (AvgIpc) is 2.54. The van der Waals surface area contributed by atoms with E-state index in [-0.39, 0.29) is 12.0 Å². The van der Waals surface area contributed by atoms with E-state index >= 15 is 0 Å². The number of esters is 1. The highest BCUT2D eigenvalue weighted by Gasteiger charge is 2.14. The van der Waals surface area contributed by atoms with Gasteiger partial charge in [0.25, 0.3) is 0 Å². The van der Waals surface area contributed by atoms with Crippen molar-refractivity contribution in [3.8, 4) is 0 Å². The second-order valence-electron chi connectivity index (χ2n) is 3.43. The number of rotatable bonds is 4. The van der Waals surface area contributed by atoms with Gasteiger partial charge in [-0.3, -0.25) is 4.79 Å². The molecule has 1 atom stereocenters. The van der Waals surface area contributed by atoms with Crippen LogP contribution in [0.1, 0.15) is 23.9 Å². The number of aromatic nitrogens is 1. The molecule has 0 saturated heterocycles. The quantitative estimate of drug-likeness (QED) is 0.752. The van der Waals surface area contributed by atoms with Crippen molar-refractivity contribution in [2.45, 2.75) is 33.4 Å². The molecule has 15 heavy (non-hydrogen) atoms. The SMILES string of the molecule is COC(=O)C(C)NCc1c(C)noc1C. The second kappa shape index (κ2) is 4.93. The van der Waals surface area contributed by atoms with Crippen molar-refractivity contribution in [1.29, 1.82) is 0 Å². The minimum absolute atomic E-state index is 0.276. The first-order chi connectivity index (χ1) is 7.06. The Morgan fingerprint density at radius 2 is 2.27 bits per heavy atom. The van der Waals surface area contributed by atoms with E-state index in [4.69, 9.17) is 4.52 Å². The summed E-state index contributed by atoms with van der Waals surface area (Å²) < 4.78 is 9.61. The Morgan fingerprint density at radius 1 is 1.60 bits per heavy atom. The molecule has 1 aromatic rings. The van der Waals surface area contributed by atoms with Gasteiger partial charge in [0, 0.05) is 12.1 Å². The molecule has 0 radical (unpaired) electrons. The largest absolute Gasteiger partial charge is 0.468 e. The zero-order valence-corrected chi connectivity index (χ0v) is 9.46. The maximum Gasteiger partial charge on any atom is 0.322 e. The van der Waals surface area contributed by atoms with E-state index < -0.39 is 0 Å². The van der Waals surface area contributed by atoms with Crippen LogP contribution in [0.2, 0.25) is 0 Å². The molecule has 0 bridgehead atoms. The number of hydrogen-bond acceptors (Lipinski definition) is 5. The Morgan fingerprint density at radius 3 is 2.73 bits per heavy atom. The summed E-state index contributed by atoms with van der Waals surface area (Å²) in [4.78, 5) is 11.1. The van der Waals surface area contributed by atoms with Crippen LogP contribution in [0.4, 0.5) is 0 Å². The number of ether oxygens (including phenoxy) is 1. The van der Waals surface area contributed by atoms with E-state index in [2.05, 4.69) is 15.2 Å². The Balaban J connectivity index is 2.54. The number of hydrogen-bond donors (Lipinski definition) is 1. The van der Waals surface area contributed by atoms with E-state index in [1.54, 1.807) is 6.92 Å². The molecular weight excluding hydrogens is 196 g/mol. The lowest BCUT2D eigenvalue weighted by Crippen LogP contribution is -2.34. The fraction of sp³-hybridized carbons (Fsp3) is 0.600. The lowest BCUT2D eigenvalue weighted by Gasteiger charge is -2.10. The highest BCUT2D eigenvalue weighted by atomic mass is 16.5. The summed E-state index contributed by atoms with van der Waals surface area (Å²) in [7, 11) is 1.37. The van der Waals surface area contributed by atoms with Crippen LogP contribution in [0, 0.1) is 13.8 Å². The molecule has 1 heterocycles. The van der Waals surface area contributed by atoms with Gasteiger partial charge in [-0.1, -0.05) is 5.16 Å². The Hall–Kier alpha value is -1.36. The van der Waals surface area contributed by atoms with Crippen LogP contribution in [-0.2, 0) is 16.1 Å². The first-order valence-corrected chi connectivity index (χ1v) is 4.79. The zero-order chi connectivity index (χ0) is 11.4. The fourth-order valence-electron chi connectivity index (χ4n) is 1.27. The summed E-state index contributed by atoms with van der Waals surface area (Å²) >= 11 is 0. The molecule has 5 nitrogen and oxygen atoms in total. The number of nitrogens with one attached hydrogen (secondary N) is 1. The molecule has 0 fully saturated rings. The van der Waals surface area contributed by atoms with Gasteiger partial charge >= 0.3 is 5.97 Å². The first-order valence-electron chi connectivity index (χ1n) is 4.79. The average molecular weight is 212 g/mol. The van der Waals surface area contributed by atoms with Crippen LogP contribution in [0.3, 0.4) is 0 Å². The number of carbonyl (C=O) groups excluding carboxylic acids is 1. The van der Waals surface area contributed by atoms with Gasteiger partial charge in [-0.05, 0) is 20.8 Å². The van der Waals surface area contributed by atoms with E-state index in [0.717, 1.165) is 17.0 Å². The lowest BCUT2D eigenvalue weighted by atomic mass is 10.2. The molecule has 0 amide bonds. The summed E-state index contributed by atoms with van der Waals surface area (Å²) in [5.41, 5.74) is 1.84. The van der Waals surface area contributed by atoms with Gasteiger partial charge in [0.05, 0.1) is 12.8 Å². The molecule has 1 rings (SSSR count). The van der Waals surface area contributed by atoms with Crippen molar-refractivity contribution in [3.05, 3.63) is 17.0 Å². The maximum atomic E-state index is 11.1. The van der Waals surface area contributed by atoms with Crippen molar-refractivity contribution in [2.75, 3.05) is 7.11 Å². The number of nitrogens with zero attached hydrogens (tertiary/aromatic N) is 1. The predicted octanol–water partition coefficient (Wildman–Crippen LogP) is 0.943. The van der Waals surface area contributed by atoms with Gasteiger partial charge in [0.1, 0.15) is 11.8 Å². The van der Waals surface area contributed by atoms with Crippen molar-refractivity contribution in [2.24, 2.45) is 0 Å². The standard InChI is InChI=1S/C10H16N2O3/c1-6-9(8(3)15-12-6)5-11-7(2)10(13)14-4/h7,11H,5H2,1-4H3. The molecule has 1 unspecified atom stereocenters. The smallest absolute Gasteiger partial charge is 0.322 e. The van der Waals surface area contributed by atoms with E-state index in [0.29, 0.717) is 6.54 Å². The molecule has 0 aromatic carbocycles. The Bertz CT molecular complexity index is 327. The van der Waals surface area contributed by atoms with Crippen LogP contribution in [0.15, 0.2) is 4.52 Å². The van der Waals surface area contributed by atoms with Gasteiger partial charge in [-0.25, -0.2) is 0 Å². The maximum absolute atomic E-state index is 11.1. The van der Waals surface area contributed by atoms with Crippen molar-refractivity contribution in [3.63, 3.8) is 0 Å². The summed E-state index contributed by atoms with van der Waals surface area (Å²) in [6, 6.07) is -0.330. The van der Waals surface area contributed by atoms with Crippen molar-refractivity contribution >= 4 is 5.97 Å². The highest BCUT2D eigenvalue weighted by Crippen LogP contribution is 2.11. The Labute approximate surface area is 88.8 Å². The zero-order valence-electron chi connectivity index (χ0n) is 9.46. The van der Waals surface area contributed by atoms with Gasteiger partial charge in [-0.15, -0.1) is 0 Å². The minimum atomic E-state index is -0.330. The van der Waals surface area contributed by atoms with E-state index in [1.807, 2.05) is 13.8 Å². The molecule has 1 N–H and O–H groups in total. The van der Waals surface area contributed by atoms with Crippen LogP contribution in [-0.4, -0.2) is 24.3 Å². The summed E-state index contributed by atoms with van der Waals surface area (Å²) in [5, 5.41) is 6.87. The number of carbonyl (C=O) groups is 1. The van der Waals surface area contributed by atoms with Crippen LogP contribution in [0.25, 0.3) is 0 Å². The minimum Gasteiger partial charge on any atom is -0.468 e. The van der Waals surface area contributed by atoms with Gasteiger partial charge < -0.3 is 14.6 Å². The third-order valence-corrected chi connectivity index (χ3v) is 2.32. The molecule has 84 valence electrons. The number of aryl methyl sites for hydroxylation is 2. The van der Waals surface area contributed by atoms with Crippen LogP contribution >= 0.6 is 0 Å². The third kappa shape index (κ3) is 2.79. The normalized spacial score (nSPS) is 12.5. The highest BCUT2D eigenvalue weighted by molar-refractivity contribution is 5.75. The molecule has 0 aliphatic carbocycles. The summed E-state index contributed by atoms with van der Waals surface area (Å²) in [5.74, 6) is 0.499. The van der Waals surface area contributed by atoms with Crippen molar-refractivity contribution in [1.82, 2.24) is 10.5 Å². The van der Waals surface area contributed by atoms with Gasteiger partial charge in [0.2, 0.25) is 0 Å². The third-order valence-electron chi connectivity index (χ3n) is 2.32. The molecular formula is C10H16N2O3. The molecule has 0 saturated carbocycles. The molecule has 1 aromatic heterocycles. The lowest BCUT2D eigenvalue weighted by molar-refractivity contribution is -0.142. The number of methoxy groups -OCH3 is 1. The van der Waals surface area contributed by atoms with E-state index in [9.17, 15) is 4.79 Å².